The van der Waals surface area contributed by atoms with Crippen molar-refractivity contribution in [3.8, 4) is 0 Å². The lowest BCUT2D eigenvalue weighted by Gasteiger charge is -2.20. The van der Waals surface area contributed by atoms with E-state index < -0.39 is 6.04 Å². The molecule has 0 radical (unpaired) electrons. The molecule has 1 aromatic rings. The summed E-state index contributed by atoms with van der Waals surface area (Å²) in [5.74, 6) is -0.335. The molecule has 0 saturated heterocycles. The lowest BCUT2D eigenvalue weighted by atomic mass is 9.86. The van der Waals surface area contributed by atoms with Crippen LogP contribution < -0.4 is 5.73 Å². The Bertz CT molecular complexity index is 420. The third-order valence-corrected chi connectivity index (χ3v) is 3.44. The molecule has 3 nitrogen and oxygen atoms in total. The number of carbonyl (C=O) groups excluding carboxylic acids is 1. The molecule has 0 aromatic heterocycles. The molecule has 0 spiro atoms. The van der Waals surface area contributed by atoms with Crippen molar-refractivity contribution in [3.05, 3.63) is 34.9 Å². The largest absolute Gasteiger partial charge is 0.468 e. The topological polar surface area (TPSA) is 52.3 Å². The van der Waals surface area contributed by atoms with E-state index in [0.29, 0.717) is 6.42 Å². The fourth-order valence-corrected chi connectivity index (χ4v) is 2.52. The smallest absolute Gasteiger partial charge is 0.322 e. The van der Waals surface area contributed by atoms with Crippen LogP contribution in [0.3, 0.4) is 0 Å². The van der Waals surface area contributed by atoms with Gasteiger partial charge >= 0.3 is 5.97 Å². The van der Waals surface area contributed by atoms with E-state index in [-0.39, 0.29) is 18.4 Å². The van der Waals surface area contributed by atoms with Crippen LogP contribution >= 0.6 is 12.4 Å². The highest BCUT2D eigenvalue weighted by Crippen LogP contribution is 2.25. The van der Waals surface area contributed by atoms with Crippen LogP contribution in [0.1, 0.15) is 29.5 Å². The van der Waals surface area contributed by atoms with Gasteiger partial charge in [0.1, 0.15) is 6.04 Å². The molecule has 1 atom stereocenters. The number of esters is 1. The van der Waals surface area contributed by atoms with Gasteiger partial charge in [0.15, 0.2) is 0 Å². The average molecular weight is 270 g/mol. The monoisotopic (exact) mass is 269 g/mol. The summed E-state index contributed by atoms with van der Waals surface area (Å²) >= 11 is 0. The number of hydrogen-bond acceptors (Lipinski definition) is 3. The number of benzene rings is 1. The van der Waals surface area contributed by atoms with E-state index in [1.54, 1.807) is 0 Å². The second-order valence-electron chi connectivity index (χ2n) is 4.60. The Morgan fingerprint density at radius 2 is 2.11 bits per heavy atom. The van der Waals surface area contributed by atoms with Gasteiger partial charge in [0.05, 0.1) is 7.11 Å². The van der Waals surface area contributed by atoms with E-state index in [1.165, 1.54) is 36.6 Å². The summed E-state index contributed by atoms with van der Waals surface area (Å²) in [6.45, 7) is 0. The van der Waals surface area contributed by atoms with Gasteiger partial charge in [-0.1, -0.05) is 18.2 Å². The van der Waals surface area contributed by atoms with E-state index in [4.69, 9.17) is 5.73 Å². The van der Waals surface area contributed by atoms with E-state index >= 15 is 0 Å². The Morgan fingerprint density at radius 1 is 1.39 bits per heavy atom. The minimum Gasteiger partial charge on any atom is -0.468 e. The highest BCUT2D eigenvalue weighted by atomic mass is 35.5. The SMILES string of the molecule is COC(=O)C(N)Cc1cccc2c1CCCC2.Cl. The van der Waals surface area contributed by atoms with E-state index in [0.717, 1.165) is 12.8 Å². The van der Waals surface area contributed by atoms with Crippen LogP contribution in [0.15, 0.2) is 18.2 Å². The molecular formula is C14H20ClNO2. The van der Waals surface area contributed by atoms with Gasteiger partial charge in [-0.05, 0) is 48.8 Å². The lowest BCUT2D eigenvalue weighted by molar-refractivity contribution is -0.142. The first-order valence-corrected chi connectivity index (χ1v) is 6.15. The fourth-order valence-electron chi connectivity index (χ4n) is 2.52. The molecule has 0 saturated carbocycles. The third kappa shape index (κ3) is 3.24. The van der Waals surface area contributed by atoms with Crippen molar-refractivity contribution in [2.75, 3.05) is 7.11 Å². The first kappa shape index (κ1) is 15.0. The Labute approximate surface area is 114 Å². The van der Waals surface area contributed by atoms with E-state index in [9.17, 15) is 4.79 Å². The zero-order valence-corrected chi connectivity index (χ0v) is 11.5. The Kier molecular flexibility index (Phi) is 5.63. The van der Waals surface area contributed by atoms with Gasteiger partial charge in [-0.2, -0.15) is 0 Å². The number of fused-ring (bicyclic) bond motifs is 1. The number of carbonyl (C=O) groups is 1. The normalized spacial score (nSPS) is 15.2. The van der Waals surface area contributed by atoms with Crippen LogP contribution in [0.2, 0.25) is 0 Å². The van der Waals surface area contributed by atoms with Crippen LogP contribution in [-0.2, 0) is 28.8 Å². The summed E-state index contributed by atoms with van der Waals surface area (Å²) < 4.78 is 4.66. The minimum atomic E-state index is -0.548. The Morgan fingerprint density at radius 3 is 2.83 bits per heavy atom. The van der Waals surface area contributed by atoms with Gasteiger partial charge in [0, 0.05) is 0 Å². The minimum absolute atomic E-state index is 0. The molecule has 100 valence electrons. The molecule has 2 rings (SSSR count). The summed E-state index contributed by atoms with van der Waals surface area (Å²) in [6, 6.07) is 5.77. The molecule has 0 bridgehead atoms. The quantitative estimate of drug-likeness (QED) is 0.855. The standard InChI is InChI=1S/C14H19NO2.ClH/c1-17-14(16)13(15)9-11-7-4-6-10-5-2-3-8-12(10)11;/h4,6-7,13H,2-3,5,8-9,15H2,1H3;1H. The number of methoxy groups -OCH3 is 1. The number of aryl methyl sites for hydroxylation is 1. The summed E-state index contributed by atoms with van der Waals surface area (Å²) in [5.41, 5.74) is 9.85. The van der Waals surface area contributed by atoms with Crippen LogP contribution in [0.4, 0.5) is 0 Å². The van der Waals surface area contributed by atoms with Gasteiger partial charge in [-0.3, -0.25) is 4.79 Å². The summed E-state index contributed by atoms with van der Waals surface area (Å²) in [7, 11) is 1.38. The van der Waals surface area contributed by atoms with Crippen molar-refractivity contribution < 1.29 is 9.53 Å². The maximum absolute atomic E-state index is 11.3. The number of ether oxygens (including phenoxy) is 1. The predicted octanol–water partition coefficient (Wildman–Crippen LogP) is 2.03. The molecule has 0 heterocycles. The maximum atomic E-state index is 11.3. The van der Waals surface area contributed by atoms with Gasteiger partial charge < -0.3 is 10.5 Å². The lowest BCUT2D eigenvalue weighted by Crippen LogP contribution is -2.34. The molecule has 4 heteroatoms. The van der Waals surface area contributed by atoms with Crippen LogP contribution in [0.5, 0.6) is 0 Å². The second kappa shape index (κ2) is 6.76. The number of hydrogen-bond donors (Lipinski definition) is 1. The maximum Gasteiger partial charge on any atom is 0.322 e. The second-order valence-corrected chi connectivity index (χ2v) is 4.60. The predicted molar refractivity (Wildman–Crippen MR) is 74.0 cm³/mol. The van der Waals surface area contributed by atoms with Crippen molar-refractivity contribution in [1.82, 2.24) is 0 Å². The van der Waals surface area contributed by atoms with Gasteiger partial charge in [0.2, 0.25) is 0 Å². The van der Waals surface area contributed by atoms with Crippen LogP contribution in [0, 0.1) is 0 Å². The summed E-state index contributed by atoms with van der Waals surface area (Å²) in [5, 5.41) is 0. The zero-order valence-electron chi connectivity index (χ0n) is 10.6. The van der Waals surface area contributed by atoms with E-state index in [1.807, 2.05) is 0 Å². The fraction of sp³-hybridized carbons (Fsp3) is 0.500. The van der Waals surface area contributed by atoms with Crippen molar-refractivity contribution in [1.29, 1.82) is 0 Å². The molecule has 1 aliphatic rings. The summed E-state index contributed by atoms with van der Waals surface area (Å²) in [4.78, 5) is 11.3. The molecule has 2 N–H and O–H groups in total. The first-order chi connectivity index (χ1) is 8.22. The van der Waals surface area contributed by atoms with Gasteiger partial charge in [-0.25, -0.2) is 0 Å². The molecule has 1 aromatic carbocycles. The molecular weight excluding hydrogens is 250 g/mol. The highest BCUT2D eigenvalue weighted by molar-refractivity contribution is 5.85. The molecule has 0 aliphatic heterocycles. The van der Waals surface area contributed by atoms with Gasteiger partial charge in [0.25, 0.3) is 0 Å². The molecule has 0 fully saturated rings. The average Bonchev–Trinajstić information content (AvgIpc) is 2.38. The van der Waals surface area contributed by atoms with Crippen LogP contribution in [-0.4, -0.2) is 19.1 Å². The van der Waals surface area contributed by atoms with Crippen molar-refractivity contribution in [2.24, 2.45) is 5.73 Å². The molecule has 1 aliphatic carbocycles. The molecule has 0 amide bonds. The third-order valence-electron chi connectivity index (χ3n) is 3.44. The van der Waals surface area contributed by atoms with Crippen molar-refractivity contribution >= 4 is 18.4 Å². The first-order valence-electron chi connectivity index (χ1n) is 6.15. The summed E-state index contributed by atoms with van der Waals surface area (Å²) in [6.07, 6.45) is 5.34. The molecule has 18 heavy (non-hydrogen) atoms. The molecule has 1 unspecified atom stereocenters. The van der Waals surface area contributed by atoms with Crippen molar-refractivity contribution in [3.63, 3.8) is 0 Å². The van der Waals surface area contributed by atoms with Crippen LogP contribution in [0.25, 0.3) is 0 Å². The number of rotatable bonds is 3. The number of halogens is 1. The number of nitrogens with two attached hydrogens (primary N) is 1. The zero-order chi connectivity index (χ0) is 12.3. The Hall–Kier alpha value is -1.06. The van der Waals surface area contributed by atoms with Crippen molar-refractivity contribution in [2.45, 2.75) is 38.1 Å². The van der Waals surface area contributed by atoms with E-state index in [2.05, 4.69) is 22.9 Å². The Balaban J connectivity index is 0.00000162. The van der Waals surface area contributed by atoms with Gasteiger partial charge in [-0.15, -0.1) is 12.4 Å². The highest BCUT2D eigenvalue weighted by Gasteiger charge is 2.18.